The Bertz CT molecular complexity index is 657. The van der Waals surface area contributed by atoms with Gasteiger partial charge in [-0.3, -0.25) is 4.79 Å². The Kier molecular flexibility index (Phi) is 3.25. The van der Waals surface area contributed by atoms with Crippen LogP contribution in [0.2, 0.25) is 0 Å². The average molecular weight is 273 g/mol. The molecule has 1 N–H and O–H groups in total. The molecule has 0 bridgehead atoms. The summed E-state index contributed by atoms with van der Waals surface area (Å²) >= 11 is 0. The number of hydrogen-bond acceptors (Lipinski definition) is 3. The van der Waals surface area contributed by atoms with Crippen molar-refractivity contribution >= 4 is 11.6 Å². The van der Waals surface area contributed by atoms with Gasteiger partial charge in [0.25, 0.3) is 5.91 Å². The van der Waals surface area contributed by atoms with Crippen molar-refractivity contribution in [1.29, 1.82) is 0 Å². The van der Waals surface area contributed by atoms with Gasteiger partial charge in [-0.05, 0) is 18.2 Å². The third kappa shape index (κ3) is 2.42. The molecule has 0 saturated heterocycles. The number of nitrogens with one attached hydrogen (secondary N) is 1. The zero-order chi connectivity index (χ0) is 13.9. The minimum atomic E-state index is -0.322. The molecule has 5 heteroatoms. The van der Waals surface area contributed by atoms with E-state index >= 15 is 0 Å². The number of ether oxygens (including phenoxy) is 2. The lowest BCUT2D eigenvalue weighted by Crippen LogP contribution is -2.25. The Labute approximate surface area is 115 Å². The van der Waals surface area contributed by atoms with Crippen molar-refractivity contribution < 1.29 is 18.7 Å². The summed E-state index contributed by atoms with van der Waals surface area (Å²) in [4.78, 5) is 11.4. The van der Waals surface area contributed by atoms with Crippen LogP contribution in [0.25, 0.3) is 0 Å². The maximum Gasteiger partial charge on any atom is 0.262 e. The minimum Gasteiger partial charge on any atom is -0.486 e. The molecule has 1 heterocycles. The summed E-state index contributed by atoms with van der Waals surface area (Å²) in [5.74, 6) is 0.450. The van der Waals surface area contributed by atoms with Crippen molar-refractivity contribution in [1.82, 2.24) is 0 Å². The van der Waals surface area contributed by atoms with Gasteiger partial charge in [0.2, 0.25) is 0 Å². The normalized spacial score (nSPS) is 13.2. The highest BCUT2D eigenvalue weighted by Crippen LogP contribution is 2.36. The second kappa shape index (κ2) is 5.21. The van der Waals surface area contributed by atoms with Crippen LogP contribution in [0.15, 0.2) is 42.5 Å². The van der Waals surface area contributed by atoms with Crippen LogP contribution in [-0.4, -0.2) is 12.5 Å². The fourth-order valence-corrected chi connectivity index (χ4v) is 1.96. The summed E-state index contributed by atoms with van der Waals surface area (Å²) in [6.45, 7) is 0.0722. The van der Waals surface area contributed by atoms with Gasteiger partial charge in [-0.25, -0.2) is 4.39 Å². The van der Waals surface area contributed by atoms with Crippen LogP contribution in [0.5, 0.6) is 11.5 Å². The molecule has 20 heavy (non-hydrogen) atoms. The largest absolute Gasteiger partial charge is 0.486 e. The number of halogens is 1. The number of fused-ring (bicyclic) bond motifs is 1. The van der Waals surface area contributed by atoms with Crippen LogP contribution in [0, 0.1) is 5.82 Å². The molecule has 2 aromatic carbocycles. The average Bonchev–Trinajstić information content (AvgIpc) is 2.46. The van der Waals surface area contributed by atoms with Gasteiger partial charge in [0.05, 0.1) is 0 Å². The van der Waals surface area contributed by atoms with Crippen molar-refractivity contribution in [2.24, 2.45) is 0 Å². The van der Waals surface area contributed by atoms with E-state index in [-0.39, 0.29) is 24.9 Å². The van der Waals surface area contributed by atoms with Gasteiger partial charge in [-0.2, -0.15) is 0 Å². The van der Waals surface area contributed by atoms with Gasteiger partial charge < -0.3 is 14.8 Å². The van der Waals surface area contributed by atoms with Gasteiger partial charge in [-0.15, -0.1) is 0 Å². The predicted molar refractivity (Wildman–Crippen MR) is 71.3 cm³/mol. The smallest absolute Gasteiger partial charge is 0.262 e. The fourth-order valence-electron chi connectivity index (χ4n) is 1.96. The van der Waals surface area contributed by atoms with E-state index in [1.807, 2.05) is 0 Å². The first-order valence-electron chi connectivity index (χ1n) is 6.16. The second-order valence-electron chi connectivity index (χ2n) is 4.35. The van der Waals surface area contributed by atoms with E-state index in [1.165, 1.54) is 6.07 Å². The van der Waals surface area contributed by atoms with Crippen LogP contribution in [0.4, 0.5) is 10.1 Å². The summed E-state index contributed by atoms with van der Waals surface area (Å²) < 4.78 is 24.4. The third-order valence-corrected chi connectivity index (χ3v) is 2.95. The summed E-state index contributed by atoms with van der Waals surface area (Å²) in [5.41, 5.74) is 0.938. The molecule has 2 aromatic rings. The molecule has 3 rings (SSSR count). The highest BCUT2D eigenvalue weighted by molar-refractivity contribution is 5.97. The van der Waals surface area contributed by atoms with E-state index in [0.717, 1.165) is 0 Å². The monoisotopic (exact) mass is 273 g/mol. The lowest BCUT2D eigenvalue weighted by atomic mass is 10.2. The maximum atomic E-state index is 13.5. The lowest BCUT2D eigenvalue weighted by molar-refractivity contribution is -0.118. The summed E-state index contributed by atoms with van der Waals surface area (Å²) in [6, 6.07) is 11.6. The number of hydrogen-bond donors (Lipinski definition) is 1. The summed E-state index contributed by atoms with van der Waals surface area (Å²) in [7, 11) is 0. The van der Waals surface area contributed by atoms with Gasteiger partial charge in [0.15, 0.2) is 6.61 Å². The molecular formula is C15H12FNO3. The van der Waals surface area contributed by atoms with Crippen molar-refractivity contribution in [2.45, 2.75) is 6.61 Å². The van der Waals surface area contributed by atoms with Crippen LogP contribution < -0.4 is 14.8 Å². The van der Waals surface area contributed by atoms with Gasteiger partial charge in [-0.1, -0.05) is 24.3 Å². The topological polar surface area (TPSA) is 47.6 Å². The number of rotatable bonds is 3. The SMILES string of the molecule is O=C1COc2cccc(OCc3ccccc3F)c2N1. The molecule has 0 aromatic heterocycles. The van der Waals surface area contributed by atoms with Crippen molar-refractivity contribution in [3.63, 3.8) is 0 Å². The van der Waals surface area contributed by atoms with Gasteiger partial charge >= 0.3 is 0 Å². The van der Waals surface area contributed by atoms with Gasteiger partial charge in [0, 0.05) is 5.56 Å². The number of benzene rings is 2. The second-order valence-corrected chi connectivity index (χ2v) is 4.35. The van der Waals surface area contributed by atoms with E-state index in [9.17, 15) is 9.18 Å². The molecule has 0 spiro atoms. The van der Waals surface area contributed by atoms with Crippen LogP contribution in [0.3, 0.4) is 0 Å². The maximum absolute atomic E-state index is 13.5. The lowest BCUT2D eigenvalue weighted by Gasteiger charge is -2.20. The van der Waals surface area contributed by atoms with Crippen molar-refractivity contribution in [3.8, 4) is 11.5 Å². The van der Waals surface area contributed by atoms with E-state index in [2.05, 4.69) is 5.32 Å². The Morgan fingerprint density at radius 1 is 1.20 bits per heavy atom. The third-order valence-electron chi connectivity index (χ3n) is 2.95. The molecule has 0 saturated carbocycles. The molecule has 0 unspecified atom stereocenters. The minimum absolute atomic E-state index is 0.0102. The first-order chi connectivity index (χ1) is 9.74. The molecule has 0 aliphatic carbocycles. The zero-order valence-corrected chi connectivity index (χ0v) is 10.6. The molecular weight excluding hydrogens is 261 g/mol. The molecule has 102 valence electrons. The fraction of sp³-hybridized carbons (Fsp3) is 0.133. The quantitative estimate of drug-likeness (QED) is 0.935. The van der Waals surface area contributed by atoms with E-state index < -0.39 is 0 Å². The van der Waals surface area contributed by atoms with E-state index in [4.69, 9.17) is 9.47 Å². The Balaban J connectivity index is 1.82. The molecule has 0 fully saturated rings. The van der Waals surface area contributed by atoms with E-state index in [1.54, 1.807) is 36.4 Å². The molecule has 4 nitrogen and oxygen atoms in total. The zero-order valence-electron chi connectivity index (χ0n) is 10.6. The standard InChI is InChI=1S/C15H12FNO3/c16-11-5-2-1-4-10(11)8-19-12-6-3-7-13-15(12)17-14(18)9-20-13/h1-7H,8-9H2,(H,17,18). The molecule has 1 aliphatic heterocycles. The van der Waals surface area contributed by atoms with Crippen LogP contribution in [-0.2, 0) is 11.4 Å². The summed E-state index contributed by atoms with van der Waals surface area (Å²) in [5, 5.41) is 2.70. The summed E-state index contributed by atoms with van der Waals surface area (Å²) in [6.07, 6.45) is 0. The van der Waals surface area contributed by atoms with Crippen LogP contribution >= 0.6 is 0 Å². The van der Waals surface area contributed by atoms with Crippen LogP contribution in [0.1, 0.15) is 5.56 Å². The highest BCUT2D eigenvalue weighted by atomic mass is 19.1. The van der Waals surface area contributed by atoms with Crippen molar-refractivity contribution in [3.05, 3.63) is 53.8 Å². The first kappa shape index (κ1) is 12.5. The van der Waals surface area contributed by atoms with Crippen molar-refractivity contribution in [2.75, 3.05) is 11.9 Å². The number of carbonyl (C=O) groups is 1. The number of para-hydroxylation sites is 1. The Morgan fingerprint density at radius 2 is 2.05 bits per heavy atom. The molecule has 1 aliphatic rings. The number of carbonyl (C=O) groups excluding carboxylic acids is 1. The van der Waals surface area contributed by atoms with E-state index in [0.29, 0.717) is 22.7 Å². The molecule has 1 amide bonds. The number of anilines is 1. The number of amides is 1. The molecule has 0 radical (unpaired) electrons. The Hall–Kier alpha value is -2.56. The Morgan fingerprint density at radius 3 is 2.90 bits per heavy atom. The molecule has 0 atom stereocenters. The van der Waals surface area contributed by atoms with Gasteiger partial charge in [0.1, 0.15) is 29.6 Å². The first-order valence-corrected chi connectivity index (χ1v) is 6.16. The highest BCUT2D eigenvalue weighted by Gasteiger charge is 2.19. The predicted octanol–water partition coefficient (Wildman–Crippen LogP) is 2.74.